The smallest absolute Gasteiger partial charge is 0.403 e. The molecule has 0 aliphatic rings. The summed E-state index contributed by atoms with van der Waals surface area (Å²) in [4.78, 5) is 2.53. The van der Waals surface area contributed by atoms with Crippen LogP contribution in [0.3, 0.4) is 0 Å². The summed E-state index contributed by atoms with van der Waals surface area (Å²) in [5.41, 5.74) is 0. The summed E-state index contributed by atoms with van der Waals surface area (Å²) < 4.78 is 60.6. The van der Waals surface area contributed by atoms with Crippen LogP contribution in [0.4, 0.5) is 13.2 Å². The monoisotopic (exact) mass is 242 g/mol. The first-order valence-electron chi connectivity index (χ1n) is 3.43. The zero-order valence-corrected chi connectivity index (χ0v) is 7.84. The molecule has 0 saturated carbocycles. The van der Waals surface area contributed by atoms with E-state index in [9.17, 15) is 21.6 Å². The van der Waals surface area contributed by atoms with Crippen molar-refractivity contribution in [3.8, 4) is 5.75 Å². The van der Waals surface area contributed by atoms with Gasteiger partial charge >= 0.3 is 6.36 Å². The summed E-state index contributed by atoms with van der Waals surface area (Å²) >= 11 is 0. The molecule has 1 aromatic heterocycles. The van der Waals surface area contributed by atoms with Crippen molar-refractivity contribution in [1.29, 1.82) is 0 Å². The van der Waals surface area contributed by atoms with Crippen molar-refractivity contribution in [3.63, 3.8) is 0 Å². The molecule has 0 aromatic carbocycles. The normalized spacial score (nSPS) is 12.5. The summed E-state index contributed by atoms with van der Waals surface area (Å²) in [7, 11) is -4.27. The molecule has 0 bridgehead atoms. The van der Waals surface area contributed by atoms with E-state index in [-0.39, 0.29) is 0 Å². The highest BCUT2D eigenvalue weighted by Gasteiger charge is 2.33. The number of nitrogens with two attached hydrogens (primary N) is 1. The van der Waals surface area contributed by atoms with Gasteiger partial charge in [0.2, 0.25) is 10.0 Å². The maximum Gasteiger partial charge on any atom is 0.573 e. The van der Waals surface area contributed by atoms with Crippen LogP contribution in [0.2, 0.25) is 0 Å². The highest BCUT2D eigenvalue weighted by Crippen LogP contribution is 2.27. The van der Waals surface area contributed by atoms with Crippen molar-refractivity contribution in [3.05, 3.63) is 18.5 Å². The van der Waals surface area contributed by atoms with Crippen molar-refractivity contribution in [1.82, 2.24) is 4.98 Å². The third-order valence-corrected chi connectivity index (χ3v) is 2.23. The lowest BCUT2D eigenvalue weighted by atomic mass is 10.5. The van der Waals surface area contributed by atoms with E-state index in [0.717, 1.165) is 12.3 Å². The molecule has 0 unspecified atom stereocenters. The van der Waals surface area contributed by atoms with E-state index in [2.05, 4.69) is 14.9 Å². The molecule has 15 heavy (non-hydrogen) atoms. The standard InChI is InChI=1S/C6H5F3N2O3S/c7-6(8,9)14-4-3-11-2-1-5(4)15(10,12)13/h1-3H,(H2,10,12,13). The van der Waals surface area contributed by atoms with Crippen LogP contribution < -0.4 is 9.88 Å². The van der Waals surface area contributed by atoms with E-state index in [1.165, 1.54) is 0 Å². The van der Waals surface area contributed by atoms with Gasteiger partial charge in [0, 0.05) is 6.20 Å². The molecule has 84 valence electrons. The molecule has 0 amide bonds. The third kappa shape index (κ3) is 3.36. The van der Waals surface area contributed by atoms with Gasteiger partial charge in [-0.1, -0.05) is 0 Å². The number of alkyl halides is 3. The molecule has 0 spiro atoms. The summed E-state index contributed by atoms with van der Waals surface area (Å²) in [6, 6.07) is 0.816. The highest BCUT2D eigenvalue weighted by molar-refractivity contribution is 7.89. The number of sulfonamides is 1. The largest absolute Gasteiger partial charge is 0.573 e. The number of halogens is 3. The minimum atomic E-state index is -5.00. The highest BCUT2D eigenvalue weighted by atomic mass is 32.2. The zero-order valence-electron chi connectivity index (χ0n) is 7.02. The minimum absolute atomic E-state index is 0.618. The van der Waals surface area contributed by atoms with Gasteiger partial charge in [0.15, 0.2) is 5.75 Å². The second-order valence-electron chi connectivity index (χ2n) is 2.42. The van der Waals surface area contributed by atoms with Crippen LogP contribution in [0.5, 0.6) is 5.75 Å². The second-order valence-corrected chi connectivity index (χ2v) is 3.95. The lowest BCUT2D eigenvalue weighted by Gasteiger charge is -2.10. The minimum Gasteiger partial charge on any atom is -0.403 e. The Morgan fingerprint density at radius 3 is 2.47 bits per heavy atom. The number of nitrogens with zero attached hydrogens (tertiary/aromatic N) is 1. The SMILES string of the molecule is NS(=O)(=O)c1ccncc1OC(F)(F)F. The first-order valence-corrected chi connectivity index (χ1v) is 4.97. The molecular weight excluding hydrogens is 237 g/mol. The maximum atomic E-state index is 11.8. The predicted molar refractivity (Wildman–Crippen MR) is 42.3 cm³/mol. The van der Waals surface area contributed by atoms with E-state index in [1.807, 2.05) is 0 Å². The quantitative estimate of drug-likeness (QED) is 0.824. The van der Waals surface area contributed by atoms with Crippen LogP contribution in [0.15, 0.2) is 23.4 Å². The van der Waals surface area contributed by atoms with Gasteiger partial charge in [0.25, 0.3) is 0 Å². The van der Waals surface area contributed by atoms with Gasteiger partial charge in [0.05, 0.1) is 6.20 Å². The fourth-order valence-corrected chi connectivity index (χ4v) is 1.43. The summed E-state index contributed by atoms with van der Waals surface area (Å²) in [5.74, 6) is -0.951. The van der Waals surface area contributed by atoms with Crippen LogP contribution in [0, 0.1) is 0 Å². The Morgan fingerprint density at radius 1 is 1.40 bits per heavy atom. The van der Waals surface area contributed by atoms with Crippen LogP contribution in [-0.4, -0.2) is 19.8 Å². The number of primary sulfonamides is 1. The Balaban J connectivity index is 3.20. The average Bonchev–Trinajstić information content (AvgIpc) is 1.99. The van der Waals surface area contributed by atoms with Gasteiger partial charge < -0.3 is 4.74 Å². The Hall–Kier alpha value is -1.35. The molecule has 0 saturated heterocycles. The van der Waals surface area contributed by atoms with E-state index in [1.54, 1.807) is 0 Å². The number of aromatic nitrogens is 1. The van der Waals surface area contributed by atoms with Crippen molar-refractivity contribution >= 4 is 10.0 Å². The Labute approximate surface area is 82.7 Å². The summed E-state index contributed by atoms with van der Waals surface area (Å²) in [6.07, 6.45) is -3.39. The third-order valence-electron chi connectivity index (χ3n) is 1.28. The Kier molecular flexibility index (Phi) is 2.86. The van der Waals surface area contributed by atoms with Crippen LogP contribution in [0.1, 0.15) is 0 Å². The zero-order chi connectivity index (χ0) is 11.7. The van der Waals surface area contributed by atoms with Gasteiger partial charge in [-0.05, 0) is 6.07 Å². The number of ether oxygens (including phenoxy) is 1. The van der Waals surface area contributed by atoms with E-state index in [0.29, 0.717) is 6.20 Å². The van der Waals surface area contributed by atoms with E-state index >= 15 is 0 Å². The number of pyridine rings is 1. The molecule has 0 radical (unpaired) electrons. The molecule has 1 rings (SSSR count). The molecule has 9 heteroatoms. The first-order chi connectivity index (χ1) is 6.70. The van der Waals surface area contributed by atoms with Crippen molar-refractivity contribution < 1.29 is 26.3 Å². The van der Waals surface area contributed by atoms with E-state index < -0.39 is 27.0 Å². The fraction of sp³-hybridized carbons (Fsp3) is 0.167. The lowest BCUT2D eigenvalue weighted by Crippen LogP contribution is -2.21. The molecule has 0 aliphatic heterocycles. The Bertz CT molecular complexity index is 457. The number of hydrogen-bond acceptors (Lipinski definition) is 4. The fourth-order valence-electron chi connectivity index (χ4n) is 0.804. The summed E-state index contributed by atoms with van der Waals surface area (Å²) in [6.45, 7) is 0. The number of hydrogen-bond donors (Lipinski definition) is 1. The lowest BCUT2D eigenvalue weighted by molar-refractivity contribution is -0.275. The molecule has 1 aromatic rings. The van der Waals surface area contributed by atoms with Gasteiger partial charge in [0.1, 0.15) is 4.90 Å². The average molecular weight is 242 g/mol. The molecule has 0 atom stereocenters. The molecule has 5 nitrogen and oxygen atoms in total. The molecule has 1 heterocycles. The number of rotatable bonds is 2. The Morgan fingerprint density at radius 2 is 2.00 bits per heavy atom. The first kappa shape index (κ1) is 11.7. The predicted octanol–water partition coefficient (Wildman–Crippen LogP) is 0.628. The topological polar surface area (TPSA) is 82.3 Å². The second kappa shape index (κ2) is 3.66. The molecule has 0 fully saturated rings. The molecule has 0 aliphatic carbocycles. The van der Waals surface area contributed by atoms with E-state index in [4.69, 9.17) is 0 Å². The van der Waals surface area contributed by atoms with Gasteiger partial charge in [-0.2, -0.15) is 0 Å². The molecule has 2 N–H and O–H groups in total. The maximum absolute atomic E-state index is 11.8. The van der Waals surface area contributed by atoms with Gasteiger partial charge in [-0.15, -0.1) is 13.2 Å². The van der Waals surface area contributed by atoms with Gasteiger partial charge in [-0.3, -0.25) is 4.98 Å². The van der Waals surface area contributed by atoms with Crippen LogP contribution >= 0.6 is 0 Å². The van der Waals surface area contributed by atoms with Crippen LogP contribution in [0.25, 0.3) is 0 Å². The van der Waals surface area contributed by atoms with Crippen molar-refractivity contribution in [2.24, 2.45) is 5.14 Å². The summed E-state index contributed by atoms with van der Waals surface area (Å²) in [5, 5.41) is 4.67. The van der Waals surface area contributed by atoms with Gasteiger partial charge in [-0.25, -0.2) is 13.6 Å². The van der Waals surface area contributed by atoms with Crippen molar-refractivity contribution in [2.75, 3.05) is 0 Å². The van der Waals surface area contributed by atoms with Crippen LogP contribution in [-0.2, 0) is 10.0 Å². The molecular formula is C6H5F3N2O3S. The van der Waals surface area contributed by atoms with Crippen molar-refractivity contribution in [2.45, 2.75) is 11.3 Å².